The maximum Gasteiger partial charge on any atom is 0.323 e. The van der Waals surface area contributed by atoms with E-state index in [1.807, 2.05) is 27.7 Å². The van der Waals surface area contributed by atoms with Gasteiger partial charge in [0.25, 0.3) is 0 Å². The Labute approximate surface area is 110 Å². The molecule has 1 aliphatic carbocycles. The largest absolute Gasteiger partial charge is 0.459 e. The van der Waals surface area contributed by atoms with Gasteiger partial charge in [-0.25, -0.2) is 0 Å². The van der Waals surface area contributed by atoms with Gasteiger partial charge in [0.05, 0.1) is 0 Å². The highest BCUT2D eigenvalue weighted by atomic mass is 16.6. The maximum atomic E-state index is 11.7. The van der Waals surface area contributed by atoms with Crippen molar-refractivity contribution in [1.29, 1.82) is 0 Å². The minimum Gasteiger partial charge on any atom is -0.459 e. The minimum atomic E-state index is -0.416. The van der Waals surface area contributed by atoms with E-state index in [0.29, 0.717) is 0 Å². The molecule has 1 rings (SSSR count). The van der Waals surface area contributed by atoms with Crippen LogP contribution in [-0.2, 0) is 14.3 Å². The smallest absolute Gasteiger partial charge is 0.323 e. The molecule has 0 aromatic carbocycles. The first kappa shape index (κ1) is 15.4. The molecule has 0 aromatic heterocycles. The van der Waals surface area contributed by atoms with Gasteiger partial charge in [-0.3, -0.25) is 4.79 Å². The average Bonchev–Trinajstić information content (AvgIpc) is 3.04. The highest BCUT2D eigenvalue weighted by molar-refractivity contribution is 5.75. The van der Waals surface area contributed by atoms with Crippen molar-refractivity contribution in [2.45, 2.75) is 58.6 Å². The second-order valence-corrected chi connectivity index (χ2v) is 6.08. The normalized spacial score (nSPS) is 17.6. The zero-order valence-corrected chi connectivity index (χ0v) is 12.1. The molecule has 1 unspecified atom stereocenters. The van der Waals surface area contributed by atoms with E-state index in [4.69, 9.17) is 9.47 Å². The first-order valence-electron chi connectivity index (χ1n) is 6.92. The van der Waals surface area contributed by atoms with Crippen LogP contribution in [0.4, 0.5) is 0 Å². The molecular weight excluding hydrogens is 230 g/mol. The number of rotatable bonds is 8. The third-order valence-corrected chi connectivity index (χ3v) is 2.73. The van der Waals surface area contributed by atoms with Crippen molar-refractivity contribution in [1.82, 2.24) is 5.32 Å². The molecule has 0 bridgehead atoms. The molecular formula is C14H27NO3. The first-order chi connectivity index (χ1) is 8.38. The quantitative estimate of drug-likeness (QED) is 0.534. The van der Waals surface area contributed by atoms with Crippen LogP contribution in [0.5, 0.6) is 0 Å². The molecule has 0 aliphatic heterocycles. The molecule has 1 saturated carbocycles. The van der Waals surface area contributed by atoms with E-state index in [-0.39, 0.29) is 12.0 Å². The fourth-order valence-corrected chi connectivity index (χ4v) is 1.50. The maximum absolute atomic E-state index is 11.7. The van der Waals surface area contributed by atoms with Crippen LogP contribution < -0.4 is 5.32 Å². The van der Waals surface area contributed by atoms with E-state index in [2.05, 4.69) is 5.32 Å². The second kappa shape index (κ2) is 7.10. The summed E-state index contributed by atoms with van der Waals surface area (Å²) >= 11 is 0. The van der Waals surface area contributed by atoms with Gasteiger partial charge in [0.1, 0.15) is 11.6 Å². The van der Waals surface area contributed by atoms with Gasteiger partial charge >= 0.3 is 5.97 Å². The third kappa shape index (κ3) is 7.67. The van der Waals surface area contributed by atoms with Crippen LogP contribution in [0, 0.1) is 5.92 Å². The summed E-state index contributed by atoms with van der Waals surface area (Å²) in [4.78, 5) is 11.7. The van der Waals surface area contributed by atoms with Gasteiger partial charge in [-0.05, 0) is 59.4 Å². The average molecular weight is 257 g/mol. The Morgan fingerprint density at radius 1 is 1.39 bits per heavy atom. The number of nitrogens with one attached hydrogen (secondary N) is 1. The van der Waals surface area contributed by atoms with Gasteiger partial charge < -0.3 is 14.8 Å². The SMILES string of the molecule is CC(NCCCOCC1CC1)C(=O)OC(C)(C)C. The molecule has 0 saturated heterocycles. The predicted octanol–water partition coefficient (Wildman–Crippen LogP) is 2.12. The number of carbonyl (C=O) groups is 1. The minimum absolute atomic E-state index is 0.193. The summed E-state index contributed by atoms with van der Waals surface area (Å²) in [5.74, 6) is 0.625. The summed E-state index contributed by atoms with van der Waals surface area (Å²) in [7, 11) is 0. The van der Waals surface area contributed by atoms with Crippen molar-refractivity contribution in [3.8, 4) is 0 Å². The number of carbonyl (C=O) groups excluding carboxylic acids is 1. The molecule has 1 fully saturated rings. The molecule has 0 spiro atoms. The number of hydrogen-bond acceptors (Lipinski definition) is 4. The van der Waals surface area contributed by atoms with Crippen LogP contribution >= 0.6 is 0 Å². The second-order valence-electron chi connectivity index (χ2n) is 6.08. The van der Waals surface area contributed by atoms with Crippen molar-refractivity contribution in [2.24, 2.45) is 5.92 Å². The summed E-state index contributed by atoms with van der Waals surface area (Å²) in [5.41, 5.74) is -0.416. The predicted molar refractivity (Wildman–Crippen MR) is 71.5 cm³/mol. The number of esters is 1. The molecule has 1 atom stereocenters. The summed E-state index contributed by atoms with van der Waals surface area (Å²) in [6.45, 7) is 9.92. The third-order valence-electron chi connectivity index (χ3n) is 2.73. The Morgan fingerprint density at radius 2 is 2.06 bits per heavy atom. The fraction of sp³-hybridized carbons (Fsp3) is 0.929. The van der Waals surface area contributed by atoms with Gasteiger partial charge in [0.15, 0.2) is 0 Å². The van der Waals surface area contributed by atoms with Crippen molar-refractivity contribution < 1.29 is 14.3 Å². The summed E-state index contributed by atoms with van der Waals surface area (Å²) in [6, 6.07) is -0.257. The number of ether oxygens (including phenoxy) is 2. The highest BCUT2D eigenvalue weighted by Gasteiger charge is 2.22. The summed E-state index contributed by atoms with van der Waals surface area (Å²) < 4.78 is 10.8. The molecule has 1 N–H and O–H groups in total. The van der Waals surface area contributed by atoms with Crippen molar-refractivity contribution in [3.63, 3.8) is 0 Å². The topological polar surface area (TPSA) is 47.6 Å². The Bertz CT molecular complexity index is 256. The van der Waals surface area contributed by atoms with Crippen molar-refractivity contribution in [3.05, 3.63) is 0 Å². The van der Waals surface area contributed by atoms with E-state index in [1.165, 1.54) is 12.8 Å². The van der Waals surface area contributed by atoms with Crippen molar-refractivity contribution >= 4 is 5.97 Å². The Balaban J connectivity index is 1.97. The molecule has 4 heteroatoms. The van der Waals surface area contributed by atoms with Gasteiger partial charge in [0.2, 0.25) is 0 Å². The van der Waals surface area contributed by atoms with Crippen molar-refractivity contribution in [2.75, 3.05) is 19.8 Å². The van der Waals surface area contributed by atoms with Crippen LogP contribution in [0.2, 0.25) is 0 Å². The van der Waals surface area contributed by atoms with E-state index >= 15 is 0 Å². The van der Waals surface area contributed by atoms with Gasteiger partial charge in [-0.2, -0.15) is 0 Å². The summed E-state index contributed by atoms with van der Waals surface area (Å²) in [6.07, 6.45) is 3.59. The Hall–Kier alpha value is -0.610. The van der Waals surface area contributed by atoms with Crippen LogP contribution in [0.3, 0.4) is 0 Å². The van der Waals surface area contributed by atoms with E-state index in [9.17, 15) is 4.79 Å². The lowest BCUT2D eigenvalue weighted by Gasteiger charge is -2.22. The molecule has 0 aromatic rings. The molecule has 0 radical (unpaired) electrons. The zero-order chi connectivity index (χ0) is 13.6. The zero-order valence-electron chi connectivity index (χ0n) is 12.1. The molecule has 18 heavy (non-hydrogen) atoms. The van der Waals surface area contributed by atoms with Crippen LogP contribution in [0.15, 0.2) is 0 Å². The lowest BCUT2D eigenvalue weighted by Crippen LogP contribution is -2.39. The standard InChI is InChI=1S/C14H27NO3/c1-11(13(16)18-14(2,3)4)15-8-5-9-17-10-12-6-7-12/h11-12,15H,5-10H2,1-4H3. The van der Waals surface area contributed by atoms with E-state index < -0.39 is 5.60 Å². The monoisotopic (exact) mass is 257 g/mol. The van der Waals surface area contributed by atoms with Gasteiger partial charge in [0, 0.05) is 13.2 Å². The van der Waals surface area contributed by atoms with Gasteiger partial charge in [-0.15, -0.1) is 0 Å². The molecule has 0 heterocycles. The van der Waals surface area contributed by atoms with Gasteiger partial charge in [-0.1, -0.05) is 0 Å². The van der Waals surface area contributed by atoms with Crippen LogP contribution in [0.25, 0.3) is 0 Å². The van der Waals surface area contributed by atoms with Crippen LogP contribution in [0.1, 0.15) is 47.0 Å². The molecule has 106 valence electrons. The first-order valence-corrected chi connectivity index (χ1v) is 6.92. The number of hydrogen-bond donors (Lipinski definition) is 1. The Kier molecular flexibility index (Phi) is 6.09. The molecule has 4 nitrogen and oxygen atoms in total. The molecule has 1 aliphatic rings. The molecule has 0 amide bonds. The van der Waals surface area contributed by atoms with E-state index in [0.717, 1.165) is 32.1 Å². The lowest BCUT2D eigenvalue weighted by atomic mass is 10.2. The highest BCUT2D eigenvalue weighted by Crippen LogP contribution is 2.28. The van der Waals surface area contributed by atoms with E-state index in [1.54, 1.807) is 0 Å². The lowest BCUT2D eigenvalue weighted by molar-refractivity contribution is -0.156. The Morgan fingerprint density at radius 3 is 2.61 bits per heavy atom. The fourth-order valence-electron chi connectivity index (χ4n) is 1.50. The van der Waals surface area contributed by atoms with Crippen LogP contribution in [-0.4, -0.2) is 37.4 Å². The summed E-state index contributed by atoms with van der Waals surface area (Å²) in [5, 5.41) is 3.15.